The van der Waals surface area contributed by atoms with Crippen molar-refractivity contribution in [2.75, 3.05) is 43.0 Å². The van der Waals surface area contributed by atoms with E-state index in [0.717, 1.165) is 35.6 Å². The number of aliphatic hydroxyl groups is 1. The highest BCUT2D eigenvalue weighted by atomic mass is 32.1. The van der Waals surface area contributed by atoms with Gasteiger partial charge >= 0.3 is 0 Å². The van der Waals surface area contributed by atoms with Crippen LogP contribution in [0.2, 0.25) is 0 Å². The molecule has 3 heterocycles. The number of carbonyl (C=O) groups excluding carboxylic acids is 2. The molecular formula is C25H29N5O4S. The molecular weight excluding hydrogens is 466 g/mol. The lowest BCUT2D eigenvalue weighted by Crippen LogP contribution is -2.48. The molecule has 9 nitrogen and oxygen atoms in total. The van der Waals surface area contributed by atoms with Gasteiger partial charge in [-0.2, -0.15) is 0 Å². The number of hydrogen-bond donors (Lipinski definition) is 2. The molecule has 1 aromatic carbocycles. The molecule has 10 heteroatoms. The molecule has 1 saturated heterocycles. The van der Waals surface area contributed by atoms with Gasteiger partial charge in [-0.25, -0.2) is 9.97 Å². The van der Waals surface area contributed by atoms with Gasteiger partial charge in [0, 0.05) is 44.0 Å². The second-order valence-corrected chi connectivity index (χ2v) is 9.27. The maximum absolute atomic E-state index is 12.7. The molecule has 0 unspecified atom stereocenters. The Kier molecular flexibility index (Phi) is 8.06. The molecule has 3 aromatic rings. The highest BCUT2D eigenvalue weighted by Gasteiger charge is 2.20. The van der Waals surface area contributed by atoms with Crippen LogP contribution < -0.4 is 10.2 Å². The van der Waals surface area contributed by atoms with E-state index in [1.54, 1.807) is 26.1 Å². The fourth-order valence-corrected chi connectivity index (χ4v) is 4.54. The first-order chi connectivity index (χ1) is 16.9. The monoisotopic (exact) mass is 495 g/mol. The average molecular weight is 496 g/mol. The van der Waals surface area contributed by atoms with Gasteiger partial charge in [0.1, 0.15) is 5.69 Å². The second kappa shape index (κ2) is 11.4. The van der Waals surface area contributed by atoms with Gasteiger partial charge in [-0.3, -0.25) is 14.9 Å². The van der Waals surface area contributed by atoms with Gasteiger partial charge in [-0.05, 0) is 24.6 Å². The van der Waals surface area contributed by atoms with Crippen LogP contribution >= 0.6 is 11.3 Å². The number of nitrogens with one attached hydrogen (secondary N) is 1. The van der Waals surface area contributed by atoms with Crippen LogP contribution in [0.5, 0.6) is 0 Å². The number of ether oxygens (including phenoxy) is 1. The van der Waals surface area contributed by atoms with E-state index in [-0.39, 0.29) is 18.4 Å². The molecule has 2 amide bonds. The standard InChI is InChI=1S/C25H29N5O4S/c1-17(31)14-34-15-19-5-3-4-6-21(19)23-16-35-25(27-23)28-24(33)22-8-7-20(13-26-22)30-11-9-29(10-12-30)18(2)32/h3-8,13,16-17,31H,9-12,14-15H2,1-2H3,(H,27,28,33)/t17-/m1/s1. The van der Waals surface area contributed by atoms with E-state index in [0.29, 0.717) is 30.5 Å². The number of nitrogens with zero attached hydrogens (tertiary/aromatic N) is 4. The lowest BCUT2D eigenvalue weighted by Gasteiger charge is -2.35. The quantitative estimate of drug-likeness (QED) is 0.495. The highest BCUT2D eigenvalue weighted by Crippen LogP contribution is 2.28. The summed E-state index contributed by atoms with van der Waals surface area (Å²) in [4.78, 5) is 37.1. The van der Waals surface area contributed by atoms with E-state index >= 15 is 0 Å². The van der Waals surface area contributed by atoms with Gasteiger partial charge in [-0.15, -0.1) is 11.3 Å². The first-order valence-electron chi connectivity index (χ1n) is 11.5. The normalized spacial score (nSPS) is 14.6. The summed E-state index contributed by atoms with van der Waals surface area (Å²) in [7, 11) is 0. The van der Waals surface area contributed by atoms with Crippen molar-refractivity contribution in [1.82, 2.24) is 14.9 Å². The third-order valence-electron chi connectivity index (χ3n) is 5.71. The average Bonchev–Trinajstić information content (AvgIpc) is 3.32. The van der Waals surface area contributed by atoms with Crippen LogP contribution in [-0.2, 0) is 16.1 Å². The molecule has 4 rings (SSSR count). The number of aliphatic hydroxyl groups excluding tert-OH is 1. The molecule has 184 valence electrons. The number of hydrogen-bond acceptors (Lipinski definition) is 8. The molecule has 2 N–H and O–H groups in total. The minimum atomic E-state index is -0.525. The zero-order valence-electron chi connectivity index (χ0n) is 19.8. The first kappa shape index (κ1) is 24.8. The van der Waals surface area contributed by atoms with E-state index in [9.17, 15) is 14.7 Å². The number of aromatic nitrogens is 2. The second-order valence-electron chi connectivity index (χ2n) is 8.41. The van der Waals surface area contributed by atoms with Crippen molar-refractivity contribution in [3.63, 3.8) is 0 Å². The van der Waals surface area contributed by atoms with Gasteiger partial charge in [0.25, 0.3) is 5.91 Å². The van der Waals surface area contributed by atoms with Crippen molar-refractivity contribution in [1.29, 1.82) is 0 Å². The maximum atomic E-state index is 12.7. The molecule has 0 radical (unpaired) electrons. The Balaban J connectivity index is 1.37. The van der Waals surface area contributed by atoms with Crippen LogP contribution in [-0.4, -0.2) is 70.7 Å². The molecule has 1 aliphatic rings. The van der Waals surface area contributed by atoms with Gasteiger partial charge in [0.15, 0.2) is 5.13 Å². The number of thiazole rings is 1. The van der Waals surface area contributed by atoms with Gasteiger partial charge in [0.05, 0.1) is 36.9 Å². The lowest BCUT2D eigenvalue weighted by atomic mass is 10.1. The number of benzene rings is 1. The zero-order valence-corrected chi connectivity index (χ0v) is 20.6. The Morgan fingerprint density at radius 3 is 2.63 bits per heavy atom. The van der Waals surface area contributed by atoms with Crippen LogP contribution in [0.15, 0.2) is 48.0 Å². The molecule has 1 aliphatic heterocycles. The molecule has 0 spiro atoms. The minimum Gasteiger partial charge on any atom is -0.391 e. The summed E-state index contributed by atoms with van der Waals surface area (Å²) in [6, 6.07) is 11.3. The first-order valence-corrected chi connectivity index (χ1v) is 12.4. The number of piperazine rings is 1. The molecule has 1 atom stereocenters. The summed E-state index contributed by atoms with van der Waals surface area (Å²) in [5, 5.41) is 14.6. The molecule has 0 saturated carbocycles. The third-order valence-corrected chi connectivity index (χ3v) is 6.46. The summed E-state index contributed by atoms with van der Waals surface area (Å²) in [6.07, 6.45) is 1.16. The Bertz CT molecular complexity index is 1160. The summed E-state index contributed by atoms with van der Waals surface area (Å²) in [5.74, 6) is -0.235. The summed E-state index contributed by atoms with van der Waals surface area (Å²) in [5.41, 5.74) is 3.85. The molecule has 2 aromatic heterocycles. The highest BCUT2D eigenvalue weighted by molar-refractivity contribution is 7.14. The SMILES string of the molecule is CC(=O)N1CCN(c2ccc(C(=O)Nc3nc(-c4ccccc4COC[C@@H](C)O)cs3)nc2)CC1. The smallest absolute Gasteiger partial charge is 0.276 e. The van der Waals surface area contributed by atoms with Gasteiger partial charge < -0.3 is 19.6 Å². The molecule has 0 aliphatic carbocycles. The Morgan fingerprint density at radius 2 is 1.94 bits per heavy atom. The van der Waals surface area contributed by atoms with Crippen molar-refractivity contribution in [2.24, 2.45) is 0 Å². The summed E-state index contributed by atoms with van der Waals surface area (Å²) < 4.78 is 5.57. The van der Waals surface area contributed by atoms with Crippen LogP contribution in [0.1, 0.15) is 29.9 Å². The maximum Gasteiger partial charge on any atom is 0.276 e. The van der Waals surface area contributed by atoms with Gasteiger partial charge in [0.2, 0.25) is 5.91 Å². The number of amides is 2. The van der Waals surface area contributed by atoms with Crippen molar-refractivity contribution in [3.05, 3.63) is 59.2 Å². The number of carbonyl (C=O) groups is 2. The Labute approximate surface area is 208 Å². The van der Waals surface area contributed by atoms with Gasteiger partial charge in [-0.1, -0.05) is 24.3 Å². The van der Waals surface area contributed by atoms with Crippen molar-refractivity contribution >= 4 is 34.0 Å². The van der Waals surface area contributed by atoms with Crippen LogP contribution in [0, 0.1) is 0 Å². The number of rotatable bonds is 8. The minimum absolute atomic E-state index is 0.0910. The molecule has 35 heavy (non-hydrogen) atoms. The Morgan fingerprint density at radius 1 is 1.17 bits per heavy atom. The van der Waals surface area contributed by atoms with E-state index in [1.165, 1.54) is 11.3 Å². The third kappa shape index (κ3) is 6.41. The van der Waals surface area contributed by atoms with Crippen LogP contribution in [0.25, 0.3) is 11.3 Å². The fraction of sp³-hybridized carbons (Fsp3) is 0.360. The summed E-state index contributed by atoms with van der Waals surface area (Å²) >= 11 is 1.34. The van der Waals surface area contributed by atoms with E-state index in [2.05, 4.69) is 20.2 Å². The van der Waals surface area contributed by atoms with E-state index in [4.69, 9.17) is 4.74 Å². The number of anilines is 2. The van der Waals surface area contributed by atoms with Crippen molar-refractivity contribution < 1.29 is 19.4 Å². The summed E-state index contributed by atoms with van der Waals surface area (Å²) in [6.45, 7) is 6.72. The Hall–Kier alpha value is -3.34. The number of pyridine rings is 1. The predicted molar refractivity (Wildman–Crippen MR) is 136 cm³/mol. The van der Waals surface area contributed by atoms with E-state index in [1.807, 2.05) is 40.6 Å². The molecule has 1 fully saturated rings. The largest absolute Gasteiger partial charge is 0.391 e. The lowest BCUT2D eigenvalue weighted by molar-refractivity contribution is -0.129. The predicted octanol–water partition coefficient (Wildman–Crippen LogP) is 3.02. The van der Waals surface area contributed by atoms with Crippen molar-refractivity contribution in [2.45, 2.75) is 26.6 Å². The zero-order chi connectivity index (χ0) is 24.8. The van der Waals surface area contributed by atoms with Crippen molar-refractivity contribution in [3.8, 4) is 11.3 Å². The van der Waals surface area contributed by atoms with Crippen LogP contribution in [0.4, 0.5) is 10.8 Å². The van der Waals surface area contributed by atoms with Crippen LogP contribution in [0.3, 0.4) is 0 Å². The topological polar surface area (TPSA) is 108 Å². The fourth-order valence-electron chi connectivity index (χ4n) is 3.84. The van der Waals surface area contributed by atoms with E-state index < -0.39 is 6.10 Å². The molecule has 0 bridgehead atoms.